The quantitative estimate of drug-likeness (QED) is 0.366. The van der Waals surface area contributed by atoms with Gasteiger partial charge in [-0.25, -0.2) is 9.96 Å². The molecular formula is C22H16N4O5. The number of nitro benzene ring substituents is 1. The van der Waals surface area contributed by atoms with Gasteiger partial charge in [-0.2, -0.15) is 0 Å². The molecule has 2 aliphatic rings. The SMILES string of the molecule is O=C1[C@H]2[C@@H](ON(c3ccccc3)[C@H]2c2ccncc2)C(=O)N1c1ccc([N+](=O)[O-])cc1. The molecule has 1 aromatic heterocycles. The number of nitro groups is 1. The molecule has 9 nitrogen and oxygen atoms in total. The summed E-state index contributed by atoms with van der Waals surface area (Å²) in [4.78, 5) is 48.1. The molecule has 31 heavy (non-hydrogen) atoms. The highest BCUT2D eigenvalue weighted by Gasteiger charge is 2.60. The Labute approximate surface area is 176 Å². The van der Waals surface area contributed by atoms with E-state index in [0.29, 0.717) is 0 Å². The zero-order valence-electron chi connectivity index (χ0n) is 16.1. The number of nitrogens with zero attached hydrogens (tertiary/aromatic N) is 4. The van der Waals surface area contributed by atoms with Crippen LogP contribution in [0.25, 0.3) is 0 Å². The minimum absolute atomic E-state index is 0.121. The summed E-state index contributed by atoms with van der Waals surface area (Å²) < 4.78 is 0. The van der Waals surface area contributed by atoms with Gasteiger partial charge in [-0.3, -0.25) is 29.5 Å². The third-order valence-corrected chi connectivity index (χ3v) is 5.49. The van der Waals surface area contributed by atoms with Crippen molar-refractivity contribution in [3.8, 4) is 0 Å². The second-order valence-corrected chi connectivity index (χ2v) is 7.22. The van der Waals surface area contributed by atoms with Gasteiger partial charge in [-0.15, -0.1) is 0 Å². The lowest BCUT2D eigenvalue weighted by atomic mass is 9.91. The standard InChI is InChI=1S/C22H16N4O5/c27-21-18-19(14-10-12-23-13-11-14)25(16-4-2-1-3-5-16)31-20(18)22(28)24(21)15-6-8-17(9-7-15)26(29)30/h1-13,18-20H/t18-,19+,20-/m1/s1. The predicted molar refractivity (Wildman–Crippen MR) is 110 cm³/mol. The number of non-ortho nitro benzene ring substituents is 1. The highest BCUT2D eigenvalue weighted by Crippen LogP contribution is 2.47. The molecule has 0 radical (unpaired) electrons. The molecule has 0 unspecified atom stereocenters. The first-order valence-corrected chi connectivity index (χ1v) is 9.59. The minimum atomic E-state index is -0.999. The van der Waals surface area contributed by atoms with Gasteiger partial charge in [0.05, 0.1) is 22.3 Å². The second kappa shape index (κ2) is 7.29. The molecule has 3 atom stereocenters. The maximum atomic E-state index is 13.4. The van der Waals surface area contributed by atoms with E-state index in [1.807, 2.05) is 30.3 Å². The number of imide groups is 1. The van der Waals surface area contributed by atoms with Crippen LogP contribution >= 0.6 is 0 Å². The molecule has 9 heteroatoms. The molecule has 3 heterocycles. The Bertz CT molecular complexity index is 1150. The van der Waals surface area contributed by atoms with E-state index in [2.05, 4.69) is 4.98 Å². The van der Waals surface area contributed by atoms with Crippen LogP contribution in [0.2, 0.25) is 0 Å². The fourth-order valence-electron chi connectivity index (χ4n) is 4.09. The number of carbonyl (C=O) groups is 2. The van der Waals surface area contributed by atoms with E-state index in [-0.39, 0.29) is 11.4 Å². The Morgan fingerprint density at radius 2 is 1.55 bits per heavy atom. The molecule has 2 saturated heterocycles. The Morgan fingerprint density at radius 3 is 2.19 bits per heavy atom. The first kappa shape index (κ1) is 18.9. The van der Waals surface area contributed by atoms with Crippen LogP contribution in [-0.2, 0) is 14.4 Å². The minimum Gasteiger partial charge on any atom is -0.273 e. The number of benzene rings is 2. The number of pyridine rings is 1. The molecular weight excluding hydrogens is 400 g/mol. The maximum absolute atomic E-state index is 13.4. The summed E-state index contributed by atoms with van der Waals surface area (Å²) in [6.07, 6.45) is 2.25. The summed E-state index contributed by atoms with van der Waals surface area (Å²) in [5.41, 5.74) is 1.67. The number of carbonyl (C=O) groups excluding carboxylic acids is 2. The first-order chi connectivity index (χ1) is 15.1. The van der Waals surface area contributed by atoms with Crippen LogP contribution < -0.4 is 9.96 Å². The summed E-state index contributed by atoms with van der Waals surface area (Å²) in [6, 6.07) is 17.6. The zero-order valence-corrected chi connectivity index (χ0v) is 16.1. The normalized spacial score (nSPS) is 22.6. The number of hydroxylamine groups is 1. The average molecular weight is 416 g/mol. The van der Waals surface area contributed by atoms with Gasteiger partial charge in [0.25, 0.3) is 11.6 Å². The molecule has 154 valence electrons. The lowest BCUT2D eigenvalue weighted by Gasteiger charge is -2.28. The number of anilines is 2. The van der Waals surface area contributed by atoms with Crippen molar-refractivity contribution in [2.24, 2.45) is 5.92 Å². The summed E-state index contributed by atoms with van der Waals surface area (Å²) >= 11 is 0. The van der Waals surface area contributed by atoms with Gasteiger partial charge in [-0.1, -0.05) is 18.2 Å². The second-order valence-electron chi connectivity index (χ2n) is 7.22. The predicted octanol–water partition coefficient (Wildman–Crippen LogP) is 3.04. The third kappa shape index (κ3) is 3.03. The Hall–Kier alpha value is -4.11. The Kier molecular flexibility index (Phi) is 4.45. The van der Waals surface area contributed by atoms with Gasteiger partial charge in [-0.05, 0) is 42.0 Å². The average Bonchev–Trinajstić information content (AvgIpc) is 3.31. The van der Waals surface area contributed by atoms with Crippen molar-refractivity contribution >= 4 is 28.9 Å². The fraction of sp³-hybridized carbons (Fsp3) is 0.136. The number of aromatic nitrogens is 1. The molecule has 2 aromatic carbocycles. The van der Waals surface area contributed by atoms with E-state index in [1.54, 1.807) is 29.6 Å². The fourth-order valence-corrected chi connectivity index (χ4v) is 4.09. The van der Waals surface area contributed by atoms with E-state index in [0.717, 1.165) is 16.2 Å². The number of fused-ring (bicyclic) bond motifs is 1. The van der Waals surface area contributed by atoms with Gasteiger partial charge in [0.2, 0.25) is 5.91 Å². The van der Waals surface area contributed by atoms with Crippen LogP contribution in [0.5, 0.6) is 0 Å². The zero-order chi connectivity index (χ0) is 21.5. The van der Waals surface area contributed by atoms with Crippen LogP contribution in [0.3, 0.4) is 0 Å². The Morgan fingerprint density at radius 1 is 0.871 bits per heavy atom. The molecule has 0 aliphatic carbocycles. The van der Waals surface area contributed by atoms with Crippen molar-refractivity contribution in [1.29, 1.82) is 0 Å². The summed E-state index contributed by atoms with van der Waals surface area (Å²) in [5, 5.41) is 12.5. The van der Waals surface area contributed by atoms with Gasteiger partial charge in [0, 0.05) is 24.5 Å². The van der Waals surface area contributed by atoms with Crippen LogP contribution in [-0.4, -0.2) is 27.8 Å². The number of rotatable bonds is 4. The van der Waals surface area contributed by atoms with Gasteiger partial charge < -0.3 is 0 Å². The topological polar surface area (TPSA) is 106 Å². The van der Waals surface area contributed by atoms with Crippen molar-refractivity contribution in [2.75, 3.05) is 9.96 Å². The molecule has 2 amide bonds. The van der Waals surface area contributed by atoms with Crippen molar-refractivity contribution in [3.05, 3.63) is 94.8 Å². The molecule has 0 spiro atoms. The lowest BCUT2D eigenvalue weighted by molar-refractivity contribution is -0.384. The first-order valence-electron chi connectivity index (χ1n) is 9.59. The molecule has 0 bridgehead atoms. The molecule has 2 fully saturated rings. The van der Waals surface area contributed by atoms with E-state index < -0.39 is 34.8 Å². The van der Waals surface area contributed by atoms with Crippen LogP contribution in [0.1, 0.15) is 11.6 Å². The van der Waals surface area contributed by atoms with E-state index in [1.165, 1.54) is 24.3 Å². The lowest BCUT2D eigenvalue weighted by Crippen LogP contribution is -2.37. The Balaban J connectivity index is 1.54. The van der Waals surface area contributed by atoms with E-state index in [4.69, 9.17) is 4.84 Å². The highest BCUT2D eigenvalue weighted by atomic mass is 16.7. The molecule has 3 aromatic rings. The monoisotopic (exact) mass is 416 g/mol. The van der Waals surface area contributed by atoms with Crippen LogP contribution in [0, 0.1) is 16.0 Å². The summed E-state index contributed by atoms with van der Waals surface area (Å²) in [7, 11) is 0. The third-order valence-electron chi connectivity index (χ3n) is 5.49. The number of hydrogen-bond acceptors (Lipinski definition) is 7. The number of hydrogen-bond donors (Lipinski definition) is 0. The number of para-hydroxylation sites is 1. The van der Waals surface area contributed by atoms with Gasteiger partial charge >= 0.3 is 0 Å². The van der Waals surface area contributed by atoms with E-state index >= 15 is 0 Å². The van der Waals surface area contributed by atoms with Gasteiger partial charge in [0.15, 0.2) is 6.10 Å². The summed E-state index contributed by atoms with van der Waals surface area (Å²) in [5.74, 6) is -1.68. The highest BCUT2D eigenvalue weighted by molar-refractivity contribution is 6.23. The molecule has 2 aliphatic heterocycles. The van der Waals surface area contributed by atoms with Crippen molar-refractivity contribution in [2.45, 2.75) is 12.1 Å². The van der Waals surface area contributed by atoms with Crippen molar-refractivity contribution in [3.63, 3.8) is 0 Å². The number of amides is 2. The summed E-state index contributed by atoms with van der Waals surface area (Å²) in [6.45, 7) is 0. The molecule has 0 saturated carbocycles. The van der Waals surface area contributed by atoms with Crippen molar-refractivity contribution < 1.29 is 19.3 Å². The molecule has 0 N–H and O–H groups in total. The van der Waals surface area contributed by atoms with Crippen LogP contribution in [0.4, 0.5) is 17.1 Å². The van der Waals surface area contributed by atoms with Crippen LogP contribution in [0.15, 0.2) is 79.1 Å². The van der Waals surface area contributed by atoms with E-state index in [9.17, 15) is 19.7 Å². The maximum Gasteiger partial charge on any atom is 0.269 e. The smallest absolute Gasteiger partial charge is 0.269 e. The van der Waals surface area contributed by atoms with Crippen molar-refractivity contribution in [1.82, 2.24) is 4.98 Å². The van der Waals surface area contributed by atoms with Gasteiger partial charge in [0.1, 0.15) is 5.92 Å². The molecule has 5 rings (SSSR count). The largest absolute Gasteiger partial charge is 0.273 e.